The van der Waals surface area contributed by atoms with E-state index in [0.717, 1.165) is 16.8 Å². The van der Waals surface area contributed by atoms with Crippen LogP contribution in [0.3, 0.4) is 0 Å². The third kappa shape index (κ3) is 2.14. The molecule has 0 saturated carbocycles. The number of hydrogen-bond donors (Lipinski definition) is 0. The van der Waals surface area contributed by atoms with E-state index in [4.69, 9.17) is 16.3 Å². The number of aromatic nitrogens is 2. The molecule has 0 fully saturated rings. The van der Waals surface area contributed by atoms with Crippen molar-refractivity contribution in [3.8, 4) is 11.1 Å². The first-order valence-corrected chi connectivity index (χ1v) is 6.38. The summed E-state index contributed by atoms with van der Waals surface area (Å²) in [4.78, 5) is 16.1. The topological polar surface area (TPSA) is 43.6 Å². The van der Waals surface area contributed by atoms with Gasteiger partial charge >= 0.3 is 5.97 Å². The van der Waals surface area contributed by atoms with Crippen LogP contribution in [-0.4, -0.2) is 22.5 Å². The summed E-state index contributed by atoms with van der Waals surface area (Å²) in [5.74, 6) is -0.385. The van der Waals surface area contributed by atoms with Gasteiger partial charge in [0, 0.05) is 29.2 Å². The van der Waals surface area contributed by atoms with Crippen molar-refractivity contribution in [3.05, 3.63) is 59.5 Å². The number of esters is 1. The van der Waals surface area contributed by atoms with Gasteiger partial charge in [0.05, 0.1) is 12.7 Å². The lowest BCUT2D eigenvalue weighted by molar-refractivity contribution is 0.0600. The Bertz CT molecular complexity index is 795. The molecular weight excluding hydrogens is 276 g/mol. The predicted molar refractivity (Wildman–Crippen MR) is 77.0 cm³/mol. The Hall–Kier alpha value is -2.33. The average molecular weight is 287 g/mol. The minimum atomic E-state index is -0.385. The third-order valence-electron chi connectivity index (χ3n) is 3.04. The van der Waals surface area contributed by atoms with Crippen LogP contribution in [0.15, 0.2) is 48.9 Å². The summed E-state index contributed by atoms with van der Waals surface area (Å²) in [5, 5.41) is 0.635. The van der Waals surface area contributed by atoms with E-state index in [2.05, 4.69) is 4.98 Å². The Morgan fingerprint density at radius 3 is 2.95 bits per heavy atom. The monoisotopic (exact) mass is 286 g/mol. The molecule has 1 aromatic carbocycles. The number of carbonyl (C=O) groups is 1. The molecule has 0 aliphatic carbocycles. The summed E-state index contributed by atoms with van der Waals surface area (Å²) < 4.78 is 6.57. The molecule has 3 aromatic rings. The molecule has 0 spiro atoms. The van der Waals surface area contributed by atoms with Gasteiger partial charge in [-0.2, -0.15) is 0 Å². The molecular formula is C15H11ClN2O2. The number of nitrogens with zero attached hydrogens (tertiary/aromatic N) is 2. The number of methoxy groups -OCH3 is 1. The Morgan fingerprint density at radius 1 is 1.35 bits per heavy atom. The molecule has 0 N–H and O–H groups in total. The number of pyridine rings is 1. The smallest absolute Gasteiger partial charge is 0.339 e. The number of carbonyl (C=O) groups excluding carboxylic acids is 1. The number of benzene rings is 1. The van der Waals surface area contributed by atoms with Gasteiger partial charge in [-0.3, -0.25) is 0 Å². The van der Waals surface area contributed by atoms with Gasteiger partial charge in [0.2, 0.25) is 0 Å². The van der Waals surface area contributed by atoms with Gasteiger partial charge in [0.1, 0.15) is 5.65 Å². The second-order valence-corrected chi connectivity index (χ2v) is 4.74. The summed E-state index contributed by atoms with van der Waals surface area (Å²) in [5.41, 5.74) is 2.97. The van der Waals surface area contributed by atoms with Crippen LogP contribution in [0, 0.1) is 0 Å². The fourth-order valence-electron chi connectivity index (χ4n) is 2.13. The zero-order valence-corrected chi connectivity index (χ0v) is 11.5. The molecule has 3 rings (SSSR count). The molecule has 0 saturated heterocycles. The van der Waals surface area contributed by atoms with E-state index in [9.17, 15) is 4.79 Å². The lowest BCUT2D eigenvalue weighted by Gasteiger charge is -2.08. The first-order valence-electron chi connectivity index (χ1n) is 6.00. The van der Waals surface area contributed by atoms with Gasteiger partial charge in [-0.15, -0.1) is 0 Å². The SMILES string of the molecule is COC(=O)c1cc(-c2cccc(Cl)c2)c2nccn2c1. The number of halogens is 1. The summed E-state index contributed by atoms with van der Waals surface area (Å²) in [6.07, 6.45) is 5.17. The van der Waals surface area contributed by atoms with Crippen LogP contribution in [-0.2, 0) is 4.74 Å². The highest BCUT2D eigenvalue weighted by Crippen LogP contribution is 2.27. The van der Waals surface area contributed by atoms with Crippen molar-refractivity contribution in [2.75, 3.05) is 7.11 Å². The minimum absolute atomic E-state index is 0.385. The molecule has 0 aliphatic rings. The Labute approximate surface area is 120 Å². The van der Waals surface area contributed by atoms with Gasteiger partial charge in [0.15, 0.2) is 0 Å². The summed E-state index contributed by atoms with van der Waals surface area (Å²) in [7, 11) is 1.36. The molecule has 2 aromatic heterocycles. The molecule has 5 heteroatoms. The lowest BCUT2D eigenvalue weighted by Crippen LogP contribution is -2.04. The maximum absolute atomic E-state index is 11.7. The molecule has 100 valence electrons. The van der Waals surface area contributed by atoms with Crippen LogP contribution < -0.4 is 0 Å². The van der Waals surface area contributed by atoms with Gasteiger partial charge in [-0.05, 0) is 23.8 Å². The van der Waals surface area contributed by atoms with Gasteiger partial charge in [-0.1, -0.05) is 23.7 Å². The summed E-state index contributed by atoms with van der Waals surface area (Å²) in [6, 6.07) is 9.20. The Morgan fingerprint density at radius 2 is 2.20 bits per heavy atom. The van der Waals surface area contributed by atoms with Crippen molar-refractivity contribution < 1.29 is 9.53 Å². The zero-order valence-electron chi connectivity index (χ0n) is 10.7. The van der Waals surface area contributed by atoms with E-state index in [1.807, 2.05) is 18.2 Å². The van der Waals surface area contributed by atoms with Gasteiger partial charge < -0.3 is 9.14 Å². The molecule has 4 nitrogen and oxygen atoms in total. The van der Waals surface area contributed by atoms with Crippen LogP contribution in [0.1, 0.15) is 10.4 Å². The van der Waals surface area contributed by atoms with E-state index in [0.29, 0.717) is 10.6 Å². The van der Waals surface area contributed by atoms with Crippen molar-refractivity contribution in [1.29, 1.82) is 0 Å². The minimum Gasteiger partial charge on any atom is -0.465 e. The molecule has 20 heavy (non-hydrogen) atoms. The molecule has 0 radical (unpaired) electrons. The maximum atomic E-state index is 11.7. The van der Waals surface area contributed by atoms with Crippen LogP contribution >= 0.6 is 11.6 Å². The van der Waals surface area contributed by atoms with Crippen LogP contribution in [0.25, 0.3) is 16.8 Å². The number of imidazole rings is 1. The molecule has 0 amide bonds. The number of hydrogen-bond acceptors (Lipinski definition) is 3. The first-order chi connectivity index (χ1) is 9.69. The zero-order chi connectivity index (χ0) is 14.1. The number of fused-ring (bicyclic) bond motifs is 1. The Balaban J connectivity index is 2.27. The van der Waals surface area contributed by atoms with E-state index < -0.39 is 0 Å². The quantitative estimate of drug-likeness (QED) is 0.678. The molecule has 0 bridgehead atoms. The third-order valence-corrected chi connectivity index (χ3v) is 3.28. The van der Waals surface area contributed by atoms with E-state index in [-0.39, 0.29) is 5.97 Å². The van der Waals surface area contributed by atoms with Crippen molar-refractivity contribution in [2.45, 2.75) is 0 Å². The fraction of sp³-hybridized carbons (Fsp3) is 0.0667. The molecule has 0 unspecified atom stereocenters. The lowest BCUT2D eigenvalue weighted by atomic mass is 10.1. The normalized spacial score (nSPS) is 10.7. The molecule has 0 aliphatic heterocycles. The standard InChI is InChI=1S/C15H11ClN2O2/c1-20-15(19)11-8-13(10-3-2-4-12(16)7-10)14-17-5-6-18(14)9-11/h2-9H,1H3. The van der Waals surface area contributed by atoms with E-state index in [1.165, 1.54) is 7.11 Å². The average Bonchev–Trinajstić information content (AvgIpc) is 2.93. The highest BCUT2D eigenvalue weighted by atomic mass is 35.5. The largest absolute Gasteiger partial charge is 0.465 e. The number of rotatable bonds is 2. The summed E-state index contributed by atoms with van der Waals surface area (Å²) >= 11 is 6.03. The second kappa shape index (κ2) is 4.98. The van der Waals surface area contributed by atoms with Crippen LogP contribution in [0.4, 0.5) is 0 Å². The first kappa shape index (κ1) is 12.7. The molecule has 2 heterocycles. The van der Waals surface area contributed by atoms with Crippen molar-refractivity contribution in [2.24, 2.45) is 0 Å². The predicted octanol–water partition coefficient (Wildman–Crippen LogP) is 3.44. The van der Waals surface area contributed by atoms with Gasteiger partial charge in [0.25, 0.3) is 0 Å². The summed E-state index contributed by atoms with van der Waals surface area (Å²) in [6.45, 7) is 0. The van der Waals surface area contributed by atoms with E-state index >= 15 is 0 Å². The van der Waals surface area contributed by atoms with Gasteiger partial charge in [-0.25, -0.2) is 9.78 Å². The second-order valence-electron chi connectivity index (χ2n) is 4.30. The molecule has 0 atom stereocenters. The van der Waals surface area contributed by atoms with Crippen molar-refractivity contribution in [3.63, 3.8) is 0 Å². The number of ether oxygens (including phenoxy) is 1. The Kier molecular flexibility index (Phi) is 3.16. The highest BCUT2D eigenvalue weighted by Gasteiger charge is 2.13. The fourth-order valence-corrected chi connectivity index (χ4v) is 2.32. The maximum Gasteiger partial charge on any atom is 0.339 e. The van der Waals surface area contributed by atoms with E-state index in [1.54, 1.807) is 35.1 Å². The van der Waals surface area contributed by atoms with Crippen molar-refractivity contribution in [1.82, 2.24) is 9.38 Å². The highest BCUT2D eigenvalue weighted by molar-refractivity contribution is 6.30. The van der Waals surface area contributed by atoms with Crippen molar-refractivity contribution >= 4 is 23.2 Å². The van der Waals surface area contributed by atoms with Crippen LogP contribution in [0.5, 0.6) is 0 Å². The van der Waals surface area contributed by atoms with Crippen LogP contribution in [0.2, 0.25) is 5.02 Å².